The molecule has 0 bridgehead atoms. The summed E-state index contributed by atoms with van der Waals surface area (Å²) in [7, 11) is 0. The minimum Gasteiger partial charge on any atom is -0.0651 e. The smallest absolute Gasteiger partial charge is 0.0360 e. The molecule has 2 unspecified atom stereocenters. The van der Waals surface area contributed by atoms with Gasteiger partial charge < -0.3 is 0 Å². The summed E-state index contributed by atoms with van der Waals surface area (Å²) in [4.78, 5) is 0. The maximum Gasteiger partial charge on any atom is -0.0360 e. The van der Waals surface area contributed by atoms with E-state index in [1.165, 1.54) is 32.1 Å². The zero-order valence-corrected chi connectivity index (χ0v) is 8.27. The molecule has 0 saturated heterocycles. The van der Waals surface area contributed by atoms with E-state index in [-0.39, 0.29) is 0 Å². The second kappa shape index (κ2) is 4.13. The Balaban J connectivity index is 2.43. The quantitative estimate of drug-likeness (QED) is 0.579. The van der Waals surface area contributed by atoms with Gasteiger partial charge in [0.05, 0.1) is 0 Å². The lowest BCUT2D eigenvalue weighted by atomic mass is 9.82. The van der Waals surface area contributed by atoms with E-state index >= 15 is 0 Å². The monoisotopic (exact) mass is 154 g/mol. The molecule has 0 N–H and O–H groups in total. The third-order valence-electron chi connectivity index (χ3n) is 3.58. The molecule has 0 spiro atoms. The van der Waals surface area contributed by atoms with E-state index in [0.717, 1.165) is 17.8 Å². The van der Waals surface area contributed by atoms with E-state index in [9.17, 15) is 0 Å². The van der Waals surface area contributed by atoms with Crippen molar-refractivity contribution in [3.63, 3.8) is 0 Å². The fourth-order valence-corrected chi connectivity index (χ4v) is 2.77. The van der Waals surface area contributed by atoms with Crippen LogP contribution in [0.5, 0.6) is 0 Å². The molecule has 0 aliphatic heterocycles. The Morgan fingerprint density at radius 3 is 2.18 bits per heavy atom. The second-order valence-corrected chi connectivity index (χ2v) is 4.15. The van der Waals surface area contributed by atoms with Gasteiger partial charge in [-0.15, -0.1) is 0 Å². The van der Waals surface area contributed by atoms with Crippen LogP contribution >= 0.6 is 0 Å². The Labute approximate surface area is 71.4 Å². The summed E-state index contributed by atoms with van der Waals surface area (Å²) >= 11 is 0. The SMILES string of the molecule is CCC(CC)C1CCCC1C. The summed E-state index contributed by atoms with van der Waals surface area (Å²) in [5, 5.41) is 0. The Morgan fingerprint density at radius 2 is 1.82 bits per heavy atom. The molecule has 0 nitrogen and oxygen atoms in total. The van der Waals surface area contributed by atoms with Crippen LogP contribution in [0.25, 0.3) is 0 Å². The molecule has 0 radical (unpaired) electrons. The normalized spacial score (nSPS) is 31.6. The molecule has 66 valence electrons. The first-order valence-electron chi connectivity index (χ1n) is 5.29. The van der Waals surface area contributed by atoms with E-state index in [2.05, 4.69) is 20.8 Å². The summed E-state index contributed by atoms with van der Waals surface area (Å²) in [6.45, 7) is 7.13. The molecule has 0 amide bonds. The fourth-order valence-electron chi connectivity index (χ4n) is 2.77. The van der Waals surface area contributed by atoms with E-state index in [1.807, 2.05) is 0 Å². The molecule has 0 aromatic heterocycles. The minimum atomic E-state index is 1.01. The molecule has 2 atom stereocenters. The van der Waals surface area contributed by atoms with Crippen molar-refractivity contribution in [3.05, 3.63) is 0 Å². The molecular weight excluding hydrogens is 132 g/mol. The van der Waals surface area contributed by atoms with Gasteiger partial charge in [-0.25, -0.2) is 0 Å². The van der Waals surface area contributed by atoms with Crippen molar-refractivity contribution in [1.82, 2.24) is 0 Å². The third kappa shape index (κ3) is 1.98. The van der Waals surface area contributed by atoms with Gasteiger partial charge in [-0.3, -0.25) is 0 Å². The molecule has 1 aliphatic rings. The van der Waals surface area contributed by atoms with Crippen LogP contribution in [0.3, 0.4) is 0 Å². The first-order valence-corrected chi connectivity index (χ1v) is 5.29. The van der Waals surface area contributed by atoms with Crippen LogP contribution in [-0.4, -0.2) is 0 Å². The van der Waals surface area contributed by atoms with E-state index in [1.54, 1.807) is 0 Å². The van der Waals surface area contributed by atoms with Gasteiger partial charge in [0, 0.05) is 0 Å². The largest absolute Gasteiger partial charge is 0.0651 e. The highest BCUT2D eigenvalue weighted by Crippen LogP contribution is 2.39. The van der Waals surface area contributed by atoms with Crippen molar-refractivity contribution in [2.45, 2.75) is 52.9 Å². The lowest BCUT2D eigenvalue weighted by Gasteiger charge is -2.24. The van der Waals surface area contributed by atoms with Crippen LogP contribution < -0.4 is 0 Å². The predicted molar refractivity (Wildman–Crippen MR) is 50.6 cm³/mol. The van der Waals surface area contributed by atoms with Gasteiger partial charge in [-0.2, -0.15) is 0 Å². The minimum absolute atomic E-state index is 1.01. The molecule has 0 heteroatoms. The van der Waals surface area contributed by atoms with Gasteiger partial charge in [-0.05, 0) is 24.2 Å². The van der Waals surface area contributed by atoms with Crippen molar-refractivity contribution in [2.24, 2.45) is 17.8 Å². The predicted octanol–water partition coefficient (Wildman–Crippen LogP) is 3.86. The van der Waals surface area contributed by atoms with Crippen LogP contribution in [0.15, 0.2) is 0 Å². The van der Waals surface area contributed by atoms with Gasteiger partial charge in [0.1, 0.15) is 0 Å². The molecule has 1 saturated carbocycles. The van der Waals surface area contributed by atoms with Gasteiger partial charge in [0.2, 0.25) is 0 Å². The van der Waals surface area contributed by atoms with Crippen molar-refractivity contribution < 1.29 is 0 Å². The van der Waals surface area contributed by atoms with Gasteiger partial charge in [0.15, 0.2) is 0 Å². The van der Waals surface area contributed by atoms with Gasteiger partial charge in [0.25, 0.3) is 0 Å². The summed E-state index contributed by atoms with van der Waals surface area (Å²) in [5.74, 6) is 3.09. The fraction of sp³-hybridized carbons (Fsp3) is 1.00. The van der Waals surface area contributed by atoms with E-state index in [0.29, 0.717) is 0 Å². The average Bonchev–Trinajstić information content (AvgIpc) is 2.40. The molecule has 1 aliphatic carbocycles. The summed E-state index contributed by atoms with van der Waals surface area (Å²) in [6.07, 6.45) is 7.27. The Kier molecular flexibility index (Phi) is 3.42. The summed E-state index contributed by atoms with van der Waals surface area (Å²) in [6, 6.07) is 0. The van der Waals surface area contributed by atoms with Crippen LogP contribution in [0.2, 0.25) is 0 Å². The summed E-state index contributed by atoms with van der Waals surface area (Å²) in [5.41, 5.74) is 0. The van der Waals surface area contributed by atoms with Crippen LogP contribution in [-0.2, 0) is 0 Å². The van der Waals surface area contributed by atoms with Gasteiger partial charge >= 0.3 is 0 Å². The van der Waals surface area contributed by atoms with Crippen LogP contribution in [0, 0.1) is 17.8 Å². The topological polar surface area (TPSA) is 0 Å². The van der Waals surface area contributed by atoms with Crippen molar-refractivity contribution in [1.29, 1.82) is 0 Å². The Bertz CT molecular complexity index is 103. The van der Waals surface area contributed by atoms with Crippen molar-refractivity contribution in [3.8, 4) is 0 Å². The lowest BCUT2D eigenvalue weighted by molar-refractivity contribution is 0.260. The highest BCUT2D eigenvalue weighted by atomic mass is 14.3. The van der Waals surface area contributed by atoms with E-state index < -0.39 is 0 Å². The van der Waals surface area contributed by atoms with Crippen LogP contribution in [0.1, 0.15) is 52.9 Å². The molecule has 0 aromatic rings. The maximum atomic E-state index is 2.44. The van der Waals surface area contributed by atoms with Crippen molar-refractivity contribution in [2.75, 3.05) is 0 Å². The average molecular weight is 154 g/mol. The molecule has 0 heterocycles. The zero-order chi connectivity index (χ0) is 8.27. The van der Waals surface area contributed by atoms with E-state index in [4.69, 9.17) is 0 Å². The molecule has 1 rings (SSSR count). The van der Waals surface area contributed by atoms with Gasteiger partial charge in [-0.1, -0.05) is 46.5 Å². The third-order valence-corrected chi connectivity index (χ3v) is 3.58. The zero-order valence-electron chi connectivity index (χ0n) is 8.27. The highest BCUT2D eigenvalue weighted by molar-refractivity contribution is 4.79. The Hall–Kier alpha value is 0. The summed E-state index contributed by atoms with van der Waals surface area (Å²) < 4.78 is 0. The number of hydrogen-bond acceptors (Lipinski definition) is 0. The standard InChI is InChI=1S/C11H22/c1-4-10(5-2)11-8-6-7-9(11)3/h9-11H,4-8H2,1-3H3. The number of rotatable bonds is 3. The molecule has 1 fully saturated rings. The first kappa shape index (κ1) is 9.09. The molecule has 0 aromatic carbocycles. The molecule has 11 heavy (non-hydrogen) atoms. The Morgan fingerprint density at radius 1 is 1.18 bits per heavy atom. The molecular formula is C11H22. The van der Waals surface area contributed by atoms with Crippen LogP contribution in [0.4, 0.5) is 0 Å². The maximum absolute atomic E-state index is 2.44. The number of hydrogen-bond donors (Lipinski definition) is 0. The second-order valence-electron chi connectivity index (χ2n) is 4.15. The van der Waals surface area contributed by atoms with Crippen molar-refractivity contribution >= 4 is 0 Å². The lowest BCUT2D eigenvalue weighted by Crippen LogP contribution is -2.15. The first-order chi connectivity index (χ1) is 5.29. The highest BCUT2D eigenvalue weighted by Gasteiger charge is 2.28.